The van der Waals surface area contributed by atoms with Crippen LogP contribution in [-0.4, -0.2) is 24.4 Å². The Morgan fingerprint density at radius 1 is 1.25 bits per heavy atom. The van der Waals surface area contributed by atoms with Crippen molar-refractivity contribution in [2.75, 3.05) is 0 Å². The molecular formula is C14H25N3O2S. The minimum absolute atomic E-state index is 0.0256. The van der Waals surface area contributed by atoms with Crippen molar-refractivity contribution in [2.45, 2.75) is 64.9 Å². The van der Waals surface area contributed by atoms with Crippen molar-refractivity contribution < 1.29 is 8.42 Å². The number of H-pyrrole nitrogens is 1. The number of nitrogens with one attached hydrogen (secondary N) is 2. The summed E-state index contributed by atoms with van der Waals surface area (Å²) in [4.78, 5) is 6.74. The Morgan fingerprint density at radius 2 is 1.80 bits per heavy atom. The predicted molar refractivity (Wildman–Crippen MR) is 78.8 cm³/mol. The van der Waals surface area contributed by atoms with Crippen LogP contribution in [0.2, 0.25) is 0 Å². The summed E-state index contributed by atoms with van der Waals surface area (Å²) in [5.74, 6) is 0.606. The molecule has 0 saturated heterocycles. The molecule has 1 aliphatic rings. The number of nitrogens with zero attached hydrogens (tertiary/aromatic N) is 1. The van der Waals surface area contributed by atoms with E-state index in [1.165, 1.54) is 6.20 Å². The van der Waals surface area contributed by atoms with E-state index < -0.39 is 10.0 Å². The van der Waals surface area contributed by atoms with Crippen molar-refractivity contribution in [2.24, 2.45) is 10.8 Å². The van der Waals surface area contributed by atoms with Gasteiger partial charge in [-0.15, -0.1) is 0 Å². The van der Waals surface area contributed by atoms with Crippen LogP contribution in [0.15, 0.2) is 11.2 Å². The summed E-state index contributed by atoms with van der Waals surface area (Å²) in [6.45, 7) is 10.6. The lowest BCUT2D eigenvalue weighted by Crippen LogP contribution is -2.46. The summed E-state index contributed by atoms with van der Waals surface area (Å²) >= 11 is 0. The topological polar surface area (TPSA) is 74.8 Å². The van der Waals surface area contributed by atoms with Gasteiger partial charge in [0.1, 0.15) is 5.82 Å². The van der Waals surface area contributed by atoms with Gasteiger partial charge < -0.3 is 4.98 Å². The Morgan fingerprint density at radius 3 is 2.25 bits per heavy atom. The van der Waals surface area contributed by atoms with Crippen LogP contribution < -0.4 is 4.72 Å². The molecule has 0 bridgehead atoms. The van der Waals surface area contributed by atoms with Crippen molar-refractivity contribution in [3.8, 4) is 0 Å². The number of aromatic amines is 1. The average Bonchev–Trinajstić information content (AvgIpc) is 2.59. The molecule has 1 aromatic rings. The van der Waals surface area contributed by atoms with Crippen LogP contribution in [0.5, 0.6) is 0 Å². The SMILES string of the molecule is Cc1ncc(S(=O)(=O)NC2CC(C)(C)CC(C)(C)C2)[nH]1. The maximum absolute atomic E-state index is 12.4. The van der Waals surface area contributed by atoms with E-state index in [1.807, 2.05) is 0 Å². The van der Waals surface area contributed by atoms with Gasteiger partial charge in [0.25, 0.3) is 10.0 Å². The largest absolute Gasteiger partial charge is 0.332 e. The minimum Gasteiger partial charge on any atom is -0.332 e. The van der Waals surface area contributed by atoms with Gasteiger partial charge in [0.15, 0.2) is 5.03 Å². The molecule has 0 amide bonds. The molecule has 1 heterocycles. The first-order chi connectivity index (χ1) is 8.99. The summed E-state index contributed by atoms with van der Waals surface area (Å²) in [7, 11) is -3.51. The molecule has 20 heavy (non-hydrogen) atoms. The Bertz CT molecular complexity index is 571. The fourth-order valence-corrected chi connectivity index (χ4v) is 4.95. The molecule has 2 N–H and O–H groups in total. The molecule has 1 aromatic heterocycles. The third-order valence-corrected chi connectivity index (χ3v) is 5.28. The van der Waals surface area contributed by atoms with Crippen LogP contribution in [0.25, 0.3) is 0 Å². The summed E-state index contributed by atoms with van der Waals surface area (Å²) < 4.78 is 27.5. The molecule has 6 heteroatoms. The summed E-state index contributed by atoms with van der Waals surface area (Å²) in [5.41, 5.74) is 0.303. The highest BCUT2D eigenvalue weighted by atomic mass is 32.2. The van der Waals surface area contributed by atoms with Crippen LogP contribution >= 0.6 is 0 Å². The lowest BCUT2D eigenvalue weighted by molar-refractivity contribution is 0.0934. The van der Waals surface area contributed by atoms with Gasteiger partial charge >= 0.3 is 0 Å². The van der Waals surface area contributed by atoms with Gasteiger partial charge in [0.05, 0.1) is 6.20 Å². The van der Waals surface area contributed by atoms with Gasteiger partial charge in [-0.3, -0.25) is 0 Å². The van der Waals surface area contributed by atoms with E-state index in [-0.39, 0.29) is 21.9 Å². The first-order valence-corrected chi connectivity index (χ1v) is 8.51. The molecule has 0 atom stereocenters. The second kappa shape index (κ2) is 4.84. The van der Waals surface area contributed by atoms with E-state index in [0.29, 0.717) is 5.82 Å². The van der Waals surface area contributed by atoms with E-state index in [1.54, 1.807) is 6.92 Å². The Labute approximate surface area is 121 Å². The number of aromatic nitrogens is 2. The third kappa shape index (κ3) is 3.61. The van der Waals surface area contributed by atoms with E-state index in [0.717, 1.165) is 19.3 Å². The predicted octanol–water partition coefficient (Wildman–Crippen LogP) is 2.60. The Kier molecular flexibility index (Phi) is 3.75. The molecular weight excluding hydrogens is 274 g/mol. The molecule has 0 radical (unpaired) electrons. The number of hydrogen-bond acceptors (Lipinski definition) is 3. The minimum atomic E-state index is -3.51. The quantitative estimate of drug-likeness (QED) is 0.901. The smallest absolute Gasteiger partial charge is 0.257 e. The van der Waals surface area contributed by atoms with Gasteiger partial charge in [-0.05, 0) is 37.0 Å². The highest BCUT2D eigenvalue weighted by Crippen LogP contribution is 2.45. The lowest BCUT2D eigenvalue weighted by Gasteiger charge is -2.44. The molecule has 0 spiro atoms. The summed E-state index contributed by atoms with van der Waals surface area (Å²) in [6, 6.07) is -0.0256. The fourth-order valence-electron chi connectivity index (χ4n) is 3.75. The van der Waals surface area contributed by atoms with Crippen LogP contribution in [-0.2, 0) is 10.0 Å². The van der Waals surface area contributed by atoms with Crippen molar-refractivity contribution >= 4 is 10.0 Å². The number of aryl methyl sites for hydroxylation is 1. The van der Waals surface area contributed by atoms with Crippen LogP contribution in [0, 0.1) is 17.8 Å². The lowest BCUT2D eigenvalue weighted by atomic mass is 9.64. The highest BCUT2D eigenvalue weighted by molar-refractivity contribution is 7.89. The van der Waals surface area contributed by atoms with Gasteiger partial charge in [-0.25, -0.2) is 18.1 Å². The zero-order valence-electron chi connectivity index (χ0n) is 12.9. The van der Waals surface area contributed by atoms with Crippen molar-refractivity contribution in [1.82, 2.24) is 14.7 Å². The van der Waals surface area contributed by atoms with Crippen LogP contribution in [0.4, 0.5) is 0 Å². The van der Waals surface area contributed by atoms with E-state index in [2.05, 4.69) is 42.4 Å². The monoisotopic (exact) mass is 299 g/mol. The highest BCUT2D eigenvalue weighted by Gasteiger charge is 2.40. The third-order valence-electron chi connectivity index (χ3n) is 3.85. The first kappa shape index (κ1) is 15.5. The van der Waals surface area contributed by atoms with E-state index in [4.69, 9.17) is 0 Å². The zero-order valence-corrected chi connectivity index (χ0v) is 13.8. The van der Waals surface area contributed by atoms with Crippen LogP contribution in [0.3, 0.4) is 0 Å². The Hall–Kier alpha value is -0.880. The maximum atomic E-state index is 12.4. The molecule has 0 aliphatic heterocycles. The van der Waals surface area contributed by atoms with E-state index >= 15 is 0 Å². The summed E-state index contributed by atoms with van der Waals surface area (Å²) in [6.07, 6.45) is 4.21. The molecule has 0 unspecified atom stereocenters. The van der Waals surface area contributed by atoms with Gasteiger partial charge in [0, 0.05) is 6.04 Å². The van der Waals surface area contributed by atoms with E-state index in [9.17, 15) is 8.42 Å². The van der Waals surface area contributed by atoms with Crippen LogP contribution in [0.1, 0.15) is 52.8 Å². The van der Waals surface area contributed by atoms with Gasteiger partial charge in [-0.2, -0.15) is 0 Å². The maximum Gasteiger partial charge on any atom is 0.257 e. The standard InChI is InChI=1S/C14H25N3O2S/c1-10-15-8-12(16-10)20(18,19)17-11-6-13(2,3)9-14(4,5)7-11/h8,11,17H,6-7,9H2,1-5H3,(H,15,16). The molecule has 5 nitrogen and oxygen atoms in total. The van der Waals surface area contributed by atoms with Crippen molar-refractivity contribution in [3.63, 3.8) is 0 Å². The number of hydrogen-bond donors (Lipinski definition) is 2. The van der Waals surface area contributed by atoms with Crippen molar-refractivity contribution in [3.05, 3.63) is 12.0 Å². The van der Waals surface area contributed by atoms with Gasteiger partial charge in [0.2, 0.25) is 0 Å². The first-order valence-electron chi connectivity index (χ1n) is 7.03. The molecule has 114 valence electrons. The number of sulfonamides is 1. The zero-order chi connectivity index (χ0) is 15.2. The number of rotatable bonds is 3. The van der Waals surface area contributed by atoms with Gasteiger partial charge in [-0.1, -0.05) is 27.7 Å². The molecule has 1 fully saturated rings. The Balaban J connectivity index is 2.17. The molecule has 1 aliphatic carbocycles. The average molecular weight is 299 g/mol. The van der Waals surface area contributed by atoms with Crippen molar-refractivity contribution in [1.29, 1.82) is 0 Å². The fraction of sp³-hybridized carbons (Fsp3) is 0.786. The summed E-state index contributed by atoms with van der Waals surface area (Å²) in [5, 5.41) is 0.149. The second-order valence-electron chi connectivity index (χ2n) is 7.56. The molecule has 1 saturated carbocycles. The molecule has 2 rings (SSSR count). The molecule has 0 aromatic carbocycles. The normalized spacial score (nSPS) is 22.9. The second-order valence-corrected chi connectivity index (χ2v) is 9.25. The number of imidazole rings is 1.